The number of aliphatic hydroxyl groups excluding tert-OH is 1. The lowest BCUT2D eigenvalue weighted by Crippen LogP contribution is -2.44. The molecule has 6 heteroatoms. The summed E-state index contributed by atoms with van der Waals surface area (Å²) >= 11 is 0. The van der Waals surface area contributed by atoms with E-state index in [-0.39, 0.29) is 30.6 Å². The summed E-state index contributed by atoms with van der Waals surface area (Å²) in [5, 5.41) is 15.6. The van der Waals surface area contributed by atoms with Gasteiger partial charge in [-0.1, -0.05) is 30.3 Å². The molecule has 2 atom stereocenters. The van der Waals surface area contributed by atoms with E-state index in [1.54, 1.807) is 0 Å². The van der Waals surface area contributed by atoms with E-state index in [0.29, 0.717) is 18.6 Å². The largest absolute Gasteiger partial charge is 0.394 e. The summed E-state index contributed by atoms with van der Waals surface area (Å²) in [5.41, 5.74) is 1.36. The molecule has 23 heavy (non-hydrogen) atoms. The minimum atomic E-state index is 0. The second-order valence-electron chi connectivity index (χ2n) is 5.83. The number of hydrogen-bond acceptors (Lipinski definition) is 3. The minimum Gasteiger partial charge on any atom is -0.394 e. The first kappa shape index (κ1) is 20.2. The molecule has 0 amide bonds. The van der Waals surface area contributed by atoms with Crippen molar-refractivity contribution < 1.29 is 5.11 Å². The Morgan fingerprint density at radius 3 is 2.74 bits per heavy atom. The molecule has 0 aliphatic carbocycles. The van der Waals surface area contributed by atoms with Crippen LogP contribution in [-0.2, 0) is 6.54 Å². The molecule has 1 fully saturated rings. The van der Waals surface area contributed by atoms with Crippen LogP contribution in [0.15, 0.2) is 35.3 Å². The summed E-state index contributed by atoms with van der Waals surface area (Å²) < 4.78 is 0. The van der Waals surface area contributed by atoms with Gasteiger partial charge in [0.1, 0.15) is 0 Å². The average molecular weight is 432 g/mol. The fourth-order valence-corrected chi connectivity index (χ4v) is 2.92. The Hall–Kier alpha value is -0.860. The zero-order valence-corrected chi connectivity index (χ0v) is 16.4. The minimum absolute atomic E-state index is 0. The summed E-state index contributed by atoms with van der Waals surface area (Å²) in [6.07, 6.45) is 1.11. The topological polar surface area (TPSA) is 59.9 Å². The van der Waals surface area contributed by atoms with E-state index < -0.39 is 0 Å². The lowest BCUT2D eigenvalue weighted by atomic mass is 10.2. The van der Waals surface area contributed by atoms with E-state index in [1.165, 1.54) is 5.56 Å². The molecule has 2 rings (SSSR count). The van der Waals surface area contributed by atoms with Crippen molar-refractivity contribution >= 4 is 29.9 Å². The summed E-state index contributed by atoms with van der Waals surface area (Å²) in [4.78, 5) is 6.86. The number of hydrogen-bond donors (Lipinski definition) is 3. The molecule has 5 nitrogen and oxygen atoms in total. The third-order valence-electron chi connectivity index (χ3n) is 3.99. The number of likely N-dealkylation sites (tertiary alicyclic amines) is 1. The SMILES string of the molecule is CCNC(=NCCO)NC1CC(C)N(Cc2ccccc2)C1.I. The third kappa shape index (κ3) is 6.64. The number of guanidine groups is 1. The summed E-state index contributed by atoms with van der Waals surface area (Å²) in [7, 11) is 0. The molecule has 1 heterocycles. The molecule has 3 N–H and O–H groups in total. The summed E-state index contributed by atoms with van der Waals surface area (Å²) in [5.74, 6) is 0.801. The van der Waals surface area contributed by atoms with Crippen LogP contribution >= 0.6 is 24.0 Å². The van der Waals surface area contributed by atoms with Gasteiger partial charge in [0, 0.05) is 31.7 Å². The normalized spacial score (nSPS) is 21.8. The van der Waals surface area contributed by atoms with E-state index in [2.05, 4.69) is 64.7 Å². The highest BCUT2D eigenvalue weighted by atomic mass is 127. The van der Waals surface area contributed by atoms with Gasteiger partial charge in [-0.15, -0.1) is 24.0 Å². The Morgan fingerprint density at radius 1 is 1.35 bits per heavy atom. The Kier molecular flexibility index (Phi) is 9.50. The molecule has 2 unspecified atom stereocenters. The van der Waals surface area contributed by atoms with Crippen LogP contribution in [0.25, 0.3) is 0 Å². The molecule has 1 aliphatic heterocycles. The van der Waals surface area contributed by atoms with Gasteiger partial charge in [-0.3, -0.25) is 9.89 Å². The van der Waals surface area contributed by atoms with Crippen LogP contribution in [0.1, 0.15) is 25.8 Å². The monoisotopic (exact) mass is 432 g/mol. The van der Waals surface area contributed by atoms with Crippen LogP contribution in [0.3, 0.4) is 0 Å². The molecule has 0 radical (unpaired) electrons. The molecule has 1 aliphatic rings. The van der Waals surface area contributed by atoms with Crippen LogP contribution < -0.4 is 10.6 Å². The van der Waals surface area contributed by atoms with Gasteiger partial charge in [-0.2, -0.15) is 0 Å². The van der Waals surface area contributed by atoms with Crippen molar-refractivity contribution in [2.24, 2.45) is 4.99 Å². The van der Waals surface area contributed by atoms with Crippen molar-refractivity contribution in [1.29, 1.82) is 0 Å². The van der Waals surface area contributed by atoms with Gasteiger partial charge in [-0.25, -0.2) is 0 Å². The number of aliphatic hydroxyl groups is 1. The number of halogens is 1. The number of rotatable bonds is 6. The van der Waals surface area contributed by atoms with Crippen LogP contribution in [0.2, 0.25) is 0 Å². The molecular formula is C17H29IN4O. The molecule has 1 aromatic rings. The van der Waals surface area contributed by atoms with E-state index in [1.807, 2.05) is 0 Å². The Labute approximate surface area is 156 Å². The fourth-order valence-electron chi connectivity index (χ4n) is 2.92. The molecule has 0 aromatic heterocycles. The Morgan fingerprint density at radius 2 is 2.09 bits per heavy atom. The first-order chi connectivity index (χ1) is 10.7. The van der Waals surface area contributed by atoms with Crippen LogP contribution in [0.5, 0.6) is 0 Å². The van der Waals surface area contributed by atoms with Gasteiger partial charge >= 0.3 is 0 Å². The number of nitrogens with zero attached hydrogens (tertiary/aromatic N) is 2. The lowest BCUT2D eigenvalue weighted by molar-refractivity contribution is 0.258. The molecule has 130 valence electrons. The molecule has 0 bridgehead atoms. The standard InChI is InChI=1S/C17H28N4O.HI/c1-3-18-17(19-9-10-22)20-16-11-14(2)21(13-16)12-15-7-5-4-6-8-15;/h4-8,14,16,22H,3,9-13H2,1-2H3,(H2,18,19,20);1H. The molecule has 0 saturated carbocycles. The van der Waals surface area contributed by atoms with Crippen molar-refractivity contribution in [3.63, 3.8) is 0 Å². The molecule has 1 saturated heterocycles. The van der Waals surface area contributed by atoms with Gasteiger partial charge in [-0.05, 0) is 25.8 Å². The van der Waals surface area contributed by atoms with Gasteiger partial charge in [0.25, 0.3) is 0 Å². The molecule has 1 aromatic carbocycles. The number of nitrogens with one attached hydrogen (secondary N) is 2. The highest BCUT2D eigenvalue weighted by Gasteiger charge is 2.29. The first-order valence-corrected chi connectivity index (χ1v) is 8.16. The van der Waals surface area contributed by atoms with Crippen molar-refractivity contribution in [3.8, 4) is 0 Å². The molecular weight excluding hydrogens is 403 g/mol. The number of aliphatic imine (C=N–C) groups is 1. The zero-order chi connectivity index (χ0) is 15.8. The second kappa shape index (κ2) is 10.8. The van der Waals surface area contributed by atoms with E-state index in [4.69, 9.17) is 5.11 Å². The maximum absolute atomic E-state index is 8.92. The average Bonchev–Trinajstić information content (AvgIpc) is 2.86. The summed E-state index contributed by atoms with van der Waals surface area (Å²) in [6, 6.07) is 11.6. The van der Waals surface area contributed by atoms with Crippen LogP contribution in [-0.4, -0.2) is 54.3 Å². The van der Waals surface area contributed by atoms with Crippen molar-refractivity contribution in [1.82, 2.24) is 15.5 Å². The van der Waals surface area contributed by atoms with E-state index in [9.17, 15) is 0 Å². The van der Waals surface area contributed by atoms with Crippen molar-refractivity contribution in [2.45, 2.75) is 38.9 Å². The maximum Gasteiger partial charge on any atom is 0.191 e. The third-order valence-corrected chi connectivity index (χ3v) is 3.99. The second-order valence-corrected chi connectivity index (χ2v) is 5.83. The van der Waals surface area contributed by atoms with Crippen molar-refractivity contribution in [2.75, 3.05) is 26.2 Å². The first-order valence-electron chi connectivity index (χ1n) is 8.16. The molecule has 0 spiro atoms. The highest BCUT2D eigenvalue weighted by molar-refractivity contribution is 14.0. The van der Waals surface area contributed by atoms with E-state index in [0.717, 1.165) is 32.0 Å². The van der Waals surface area contributed by atoms with Gasteiger partial charge in [0.05, 0.1) is 13.2 Å². The van der Waals surface area contributed by atoms with Crippen LogP contribution in [0, 0.1) is 0 Å². The fraction of sp³-hybridized carbons (Fsp3) is 0.588. The maximum atomic E-state index is 8.92. The zero-order valence-electron chi connectivity index (χ0n) is 14.0. The van der Waals surface area contributed by atoms with Crippen molar-refractivity contribution in [3.05, 3.63) is 35.9 Å². The lowest BCUT2D eigenvalue weighted by Gasteiger charge is -2.21. The predicted octanol–water partition coefficient (Wildman–Crippen LogP) is 1.81. The highest BCUT2D eigenvalue weighted by Crippen LogP contribution is 2.20. The number of benzene rings is 1. The van der Waals surface area contributed by atoms with Gasteiger partial charge in [0.2, 0.25) is 0 Å². The Balaban J connectivity index is 0.00000264. The van der Waals surface area contributed by atoms with Gasteiger partial charge in [0.15, 0.2) is 5.96 Å². The van der Waals surface area contributed by atoms with E-state index >= 15 is 0 Å². The van der Waals surface area contributed by atoms with Crippen LogP contribution in [0.4, 0.5) is 0 Å². The smallest absolute Gasteiger partial charge is 0.191 e. The summed E-state index contributed by atoms with van der Waals surface area (Å²) in [6.45, 7) is 7.68. The predicted molar refractivity (Wildman–Crippen MR) is 106 cm³/mol. The van der Waals surface area contributed by atoms with Gasteiger partial charge < -0.3 is 15.7 Å². The Bertz CT molecular complexity index is 469. The quantitative estimate of drug-likeness (QED) is 0.365.